The molecule has 124 valence electrons. The van der Waals surface area contributed by atoms with Gasteiger partial charge in [0.15, 0.2) is 0 Å². The summed E-state index contributed by atoms with van der Waals surface area (Å²) in [7, 11) is 0. The van der Waals surface area contributed by atoms with E-state index in [1.54, 1.807) is 0 Å². The minimum absolute atomic E-state index is 0.895. The van der Waals surface area contributed by atoms with Crippen molar-refractivity contribution in [3.8, 4) is 11.3 Å². The zero-order valence-electron chi connectivity index (χ0n) is 14.2. The van der Waals surface area contributed by atoms with Crippen LogP contribution in [0.15, 0.2) is 95.5 Å². The molecule has 0 fully saturated rings. The summed E-state index contributed by atoms with van der Waals surface area (Å²) in [5, 5.41) is 2.28. The molecule has 2 aromatic heterocycles. The maximum Gasteiger partial charge on any atom is 0.144 e. The molecule has 0 unspecified atom stereocenters. The number of nitrogens with zero attached hydrogens (tertiary/aromatic N) is 1. The van der Waals surface area contributed by atoms with E-state index in [1.165, 1.54) is 11.1 Å². The third kappa shape index (κ3) is 2.56. The van der Waals surface area contributed by atoms with E-state index in [-0.39, 0.29) is 0 Å². The van der Waals surface area contributed by atoms with Gasteiger partial charge in [-0.25, -0.2) is 0 Å². The molecule has 0 radical (unpaired) electrons. The number of furan rings is 1. The standard InChI is InChI=1S/C24H17NO/c1-2-7-17(8-3-1)15-18-13-14-25-22(16-18)21-11-6-10-20-19-9-4-5-12-23(19)26-24(20)21/h1-14,16H,15H2. The van der Waals surface area contributed by atoms with Gasteiger partial charge in [0.2, 0.25) is 0 Å². The Morgan fingerprint density at radius 3 is 2.42 bits per heavy atom. The molecule has 2 heterocycles. The minimum Gasteiger partial charge on any atom is -0.455 e. The highest BCUT2D eigenvalue weighted by Crippen LogP contribution is 2.35. The van der Waals surface area contributed by atoms with Crippen LogP contribution in [0.1, 0.15) is 11.1 Å². The van der Waals surface area contributed by atoms with Crippen LogP contribution < -0.4 is 0 Å². The van der Waals surface area contributed by atoms with Crippen molar-refractivity contribution in [1.82, 2.24) is 4.98 Å². The fraction of sp³-hybridized carbons (Fsp3) is 0.0417. The molecule has 0 N–H and O–H groups in total. The van der Waals surface area contributed by atoms with E-state index in [1.807, 2.05) is 30.5 Å². The van der Waals surface area contributed by atoms with Gasteiger partial charge in [-0.3, -0.25) is 4.98 Å². The Morgan fingerprint density at radius 2 is 1.50 bits per heavy atom. The largest absolute Gasteiger partial charge is 0.455 e. The Morgan fingerprint density at radius 1 is 0.692 bits per heavy atom. The Balaban J connectivity index is 1.63. The SMILES string of the molecule is c1ccc(Cc2ccnc(-c3cccc4c3oc3ccccc34)c2)cc1. The van der Waals surface area contributed by atoms with E-state index in [2.05, 4.69) is 65.6 Å². The highest BCUT2D eigenvalue weighted by atomic mass is 16.3. The lowest BCUT2D eigenvalue weighted by molar-refractivity contribution is 0.670. The normalized spacial score (nSPS) is 11.2. The Bertz CT molecular complexity index is 1200. The second-order valence-corrected chi connectivity index (χ2v) is 6.49. The van der Waals surface area contributed by atoms with Crippen LogP contribution in [-0.2, 0) is 6.42 Å². The molecule has 2 heteroatoms. The molecule has 0 saturated carbocycles. The third-order valence-corrected chi connectivity index (χ3v) is 4.76. The minimum atomic E-state index is 0.895. The summed E-state index contributed by atoms with van der Waals surface area (Å²) in [5.74, 6) is 0. The van der Waals surface area contributed by atoms with Crippen molar-refractivity contribution in [1.29, 1.82) is 0 Å². The number of hydrogen-bond acceptors (Lipinski definition) is 2. The summed E-state index contributed by atoms with van der Waals surface area (Å²) < 4.78 is 6.16. The van der Waals surface area contributed by atoms with Crippen LogP contribution in [0.5, 0.6) is 0 Å². The number of fused-ring (bicyclic) bond motifs is 3. The van der Waals surface area contributed by atoms with Crippen molar-refractivity contribution >= 4 is 21.9 Å². The molecule has 0 atom stereocenters. The van der Waals surface area contributed by atoms with Crippen LogP contribution in [0.2, 0.25) is 0 Å². The number of benzene rings is 3. The zero-order valence-corrected chi connectivity index (χ0v) is 14.2. The molecule has 3 aromatic carbocycles. The molecule has 0 saturated heterocycles. The number of hydrogen-bond donors (Lipinski definition) is 0. The average molecular weight is 335 g/mol. The maximum absolute atomic E-state index is 6.16. The average Bonchev–Trinajstić information content (AvgIpc) is 3.08. The first kappa shape index (κ1) is 14.9. The summed E-state index contributed by atoms with van der Waals surface area (Å²) in [5.41, 5.74) is 6.34. The fourth-order valence-electron chi connectivity index (χ4n) is 3.51. The van der Waals surface area contributed by atoms with Crippen molar-refractivity contribution in [3.05, 3.63) is 102 Å². The van der Waals surface area contributed by atoms with Gasteiger partial charge in [-0.05, 0) is 41.8 Å². The summed E-state index contributed by atoms with van der Waals surface area (Å²) >= 11 is 0. The van der Waals surface area contributed by atoms with E-state index in [9.17, 15) is 0 Å². The van der Waals surface area contributed by atoms with Crippen LogP contribution >= 0.6 is 0 Å². The molecule has 0 amide bonds. The maximum atomic E-state index is 6.16. The Labute approximate surface area is 151 Å². The van der Waals surface area contributed by atoms with Crippen LogP contribution in [-0.4, -0.2) is 4.98 Å². The summed E-state index contributed by atoms with van der Waals surface area (Å²) in [4.78, 5) is 4.61. The van der Waals surface area contributed by atoms with Crippen molar-refractivity contribution in [2.45, 2.75) is 6.42 Å². The highest BCUT2D eigenvalue weighted by molar-refractivity contribution is 6.09. The van der Waals surface area contributed by atoms with Crippen LogP contribution in [0.4, 0.5) is 0 Å². The summed E-state index contributed by atoms with van der Waals surface area (Å²) in [6.45, 7) is 0. The first-order valence-electron chi connectivity index (χ1n) is 8.78. The van der Waals surface area contributed by atoms with E-state index >= 15 is 0 Å². The molecular formula is C24H17NO. The van der Waals surface area contributed by atoms with Crippen LogP contribution in [0, 0.1) is 0 Å². The van der Waals surface area contributed by atoms with Gasteiger partial charge >= 0.3 is 0 Å². The quantitative estimate of drug-likeness (QED) is 0.390. The van der Waals surface area contributed by atoms with Gasteiger partial charge in [0.05, 0.1) is 5.69 Å². The second-order valence-electron chi connectivity index (χ2n) is 6.49. The van der Waals surface area contributed by atoms with Gasteiger partial charge in [-0.15, -0.1) is 0 Å². The van der Waals surface area contributed by atoms with E-state index in [0.29, 0.717) is 0 Å². The van der Waals surface area contributed by atoms with Crippen molar-refractivity contribution in [3.63, 3.8) is 0 Å². The lowest BCUT2D eigenvalue weighted by atomic mass is 10.0. The van der Waals surface area contributed by atoms with E-state index in [4.69, 9.17) is 4.42 Å². The molecule has 2 nitrogen and oxygen atoms in total. The first-order valence-corrected chi connectivity index (χ1v) is 8.78. The zero-order chi connectivity index (χ0) is 17.3. The molecule has 5 aromatic rings. The number of pyridine rings is 1. The van der Waals surface area contributed by atoms with E-state index in [0.717, 1.165) is 39.6 Å². The molecule has 0 spiro atoms. The lowest BCUT2D eigenvalue weighted by Crippen LogP contribution is -1.91. The smallest absolute Gasteiger partial charge is 0.144 e. The Kier molecular flexibility index (Phi) is 3.53. The number of para-hydroxylation sites is 2. The molecule has 5 rings (SSSR count). The monoisotopic (exact) mass is 335 g/mol. The third-order valence-electron chi connectivity index (χ3n) is 4.76. The predicted molar refractivity (Wildman–Crippen MR) is 106 cm³/mol. The first-order chi connectivity index (χ1) is 12.9. The molecule has 0 aliphatic heterocycles. The predicted octanol–water partition coefficient (Wildman–Crippen LogP) is 6.24. The summed E-state index contributed by atoms with van der Waals surface area (Å²) in [6, 6.07) is 29.2. The highest BCUT2D eigenvalue weighted by Gasteiger charge is 2.12. The van der Waals surface area contributed by atoms with E-state index < -0.39 is 0 Å². The molecular weight excluding hydrogens is 318 g/mol. The van der Waals surface area contributed by atoms with Gasteiger partial charge in [0.25, 0.3) is 0 Å². The van der Waals surface area contributed by atoms with Gasteiger partial charge < -0.3 is 4.42 Å². The topological polar surface area (TPSA) is 26.0 Å². The number of rotatable bonds is 3. The van der Waals surface area contributed by atoms with Gasteiger partial charge in [-0.1, -0.05) is 60.7 Å². The second kappa shape index (κ2) is 6.16. The van der Waals surface area contributed by atoms with Gasteiger partial charge in [-0.2, -0.15) is 0 Å². The summed E-state index contributed by atoms with van der Waals surface area (Å²) in [6.07, 6.45) is 2.78. The number of aromatic nitrogens is 1. The van der Waals surface area contributed by atoms with Crippen molar-refractivity contribution in [2.75, 3.05) is 0 Å². The molecule has 0 bridgehead atoms. The fourth-order valence-corrected chi connectivity index (χ4v) is 3.51. The van der Waals surface area contributed by atoms with Crippen LogP contribution in [0.25, 0.3) is 33.2 Å². The van der Waals surface area contributed by atoms with Gasteiger partial charge in [0.1, 0.15) is 11.2 Å². The van der Waals surface area contributed by atoms with Gasteiger partial charge in [0, 0.05) is 22.5 Å². The van der Waals surface area contributed by atoms with Crippen molar-refractivity contribution < 1.29 is 4.42 Å². The van der Waals surface area contributed by atoms with Crippen LogP contribution in [0.3, 0.4) is 0 Å². The Hall–Kier alpha value is -3.39. The lowest BCUT2D eigenvalue weighted by Gasteiger charge is -2.06. The molecule has 26 heavy (non-hydrogen) atoms. The van der Waals surface area contributed by atoms with Crippen molar-refractivity contribution in [2.24, 2.45) is 0 Å². The molecule has 0 aliphatic rings. The molecule has 0 aliphatic carbocycles.